The minimum absolute atomic E-state index is 0.0683. The molecule has 1 aliphatic heterocycles. The molecule has 1 aliphatic rings. The number of amides is 1. The van der Waals surface area contributed by atoms with Crippen molar-refractivity contribution in [1.82, 2.24) is 9.62 Å². The van der Waals surface area contributed by atoms with Gasteiger partial charge in [0, 0.05) is 31.2 Å². The van der Waals surface area contributed by atoms with Gasteiger partial charge in [0.25, 0.3) is 0 Å². The van der Waals surface area contributed by atoms with E-state index in [9.17, 15) is 26.4 Å². The number of benzene rings is 1. The Kier molecular flexibility index (Phi) is 8.29. The van der Waals surface area contributed by atoms with Gasteiger partial charge in [0.1, 0.15) is 0 Å². The van der Waals surface area contributed by atoms with Gasteiger partial charge in [-0.3, -0.25) is 4.79 Å². The molecule has 0 aliphatic carbocycles. The first-order valence-electron chi connectivity index (χ1n) is 10.1. The summed E-state index contributed by atoms with van der Waals surface area (Å²) < 4.78 is 61.3. The molecular weight excluding hydrogens is 419 g/mol. The van der Waals surface area contributed by atoms with Gasteiger partial charge in [0.05, 0.1) is 0 Å². The lowest BCUT2D eigenvalue weighted by molar-refractivity contribution is -0.116. The fraction of sp³-hybridized carbons (Fsp3) is 0.650. The highest BCUT2D eigenvalue weighted by Crippen LogP contribution is 2.30. The molecule has 1 saturated heterocycles. The number of anilines is 1. The predicted molar refractivity (Wildman–Crippen MR) is 111 cm³/mol. The summed E-state index contributed by atoms with van der Waals surface area (Å²) in [5.74, 6) is 0.358. The molecule has 0 radical (unpaired) electrons. The van der Waals surface area contributed by atoms with Crippen molar-refractivity contribution < 1.29 is 26.4 Å². The van der Waals surface area contributed by atoms with E-state index < -0.39 is 15.5 Å². The summed E-state index contributed by atoms with van der Waals surface area (Å²) in [6.45, 7) is 6.30. The Bertz CT molecular complexity index is 803. The van der Waals surface area contributed by atoms with E-state index >= 15 is 0 Å². The number of halogens is 3. The van der Waals surface area contributed by atoms with E-state index in [1.165, 1.54) is 5.56 Å². The van der Waals surface area contributed by atoms with Gasteiger partial charge in [-0.2, -0.15) is 17.5 Å². The smallest absolute Gasteiger partial charge is 0.326 e. The first kappa shape index (κ1) is 24.6. The van der Waals surface area contributed by atoms with Crippen LogP contribution in [0.4, 0.5) is 18.9 Å². The highest BCUT2D eigenvalue weighted by molar-refractivity contribution is 7.90. The van der Waals surface area contributed by atoms with Gasteiger partial charge in [0.2, 0.25) is 5.91 Å². The maximum absolute atomic E-state index is 12.6. The van der Waals surface area contributed by atoms with Gasteiger partial charge < -0.3 is 10.6 Å². The van der Waals surface area contributed by atoms with E-state index in [0.717, 1.165) is 5.69 Å². The van der Waals surface area contributed by atoms with Gasteiger partial charge in [-0.05, 0) is 55.8 Å². The first-order valence-corrected chi connectivity index (χ1v) is 11.5. The predicted octanol–water partition coefficient (Wildman–Crippen LogP) is 3.68. The van der Waals surface area contributed by atoms with E-state index in [1.807, 2.05) is 31.2 Å². The molecule has 1 heterocycles. The summed E-state index contributed by atoms with van der Waals surface area (Å²) in [7, 11) is -5.25. The van der Waals surface area contributed by atoms with Crippen LogP contribution >= 0.6 is 0 Å². The van der Waals surface area contributed by atoms with E-state index in [-0.39, 0.29) is 37.4 Å². The Morgan fingerprint density at radius 3 is 2.20 bits per heavy atom. The summed E-state index contributed by atoms with van der Waals surface area (Å²) in [6.07, 6.45) is 0.958. The van der Waals surface area contributed by atoms with Crippen LogP contribution in [0.3, 0.4) is 0 Å². The molecule has 2 rings (SSSR count). The lowest BCUT2D eigenvalue weighted by Gasteiger charge is -2.32. The zero-order valence-electron chi connectivity index (χ0n) is 17.5. The van der Waals surface area contributed by atoms with Gasteiger partial charge >= 0.3 is 15.5 Å². The number of carbonyl (C=O) groups excluding carboxylic acids is 1. The number of piperidine rings is 1. The Hall–Kier alpha value is -1.65. The number of nitrogens with one attached hydrogen (secondary N) is 2. The molecule has 2 N–H and O–H groups in total. The molecule has 1 aromatic carbocycles. The van der Waals surface area contributed by atoms with Crippen molar-refractivity contribution in [2.75, 3.05) is 25.0 Å². The van der Waals surface area contributed by atoms with Crippen LogP contribution in [0.25, 0.3) is 0 Å². The van der Waals surface area contributed by atoms with Crippen molar-refractivity contribution in [3.05, 3.63) is 29.8 Å². The highest BCUT2D eigenvalue weighted by Gasteiger charge is 2.50. The van der Waals surface area contributed by atoms with Crippen LogP contribution in [0, 0.1) is 5.92 Å². The van der Waals surface area contributed by atoms with E-state index in [2.05, 4.69) is 24.5 Å². The molecule has 30 heavy (non-hydrogen) atoms. The first-order chi connectivity index (χ1) is 13.9. The topological polar surface area (TPSA) is 78.5 Å². The van der Waals surface area contributed by atoms with Crippen LogP contribution in [0.1, 0.15) is 51.5 Å². The molecule has 0 aromatic heterocycles. The van der Waals surface area contributed by atoms with Crippen molar-refractivity contribution in [1.29, 1.82) is 0 Å². The zero-order valence-corrected chi connectivity index (χ0v) is 18.3. The number of nitrogens with zero attached hydrogens (tertiary/aromatic N) is 1. The molecule has 0 spiro atoms. The Balaban J connectivity index is 1.72. The molecule has 170 valence electrons. The summed E-state index contributed by atoms with van der Waals surface area (Å²) >= 11 is 0. The monoisotopic (exact) mass is 449 g/mol. The molecule has 0 saturated carbocycles. The van der Waals surface area contributed by atoms with Crippen LogP contribution in [0.2, 0.25) is 0 Å². The SMILES string of the molecule is CC(CC(=O)Nc1ccc(C(C)C)cc1)NCC1CCN(S(=O)(=O)C(F)(F)F)CC1. The largest absolute Gasteiger partial charge is 0.511 e. The van der Waals surface area contributed by atoms with Gasteiger partial charge in [-0.1, -0.05) is 26.0 Å². The number of sulfonamides is 1. The summed E-state index contributed by atoms with van der Waals surface area (Å²) in [4.78, 5) is 12.2. The fourth-order valence-corrected chi connectivity index (χ4v) is 4.37. The third kappa shape index (κ3) is 6.68. The Labute approximate surface area is 176 Å². The molecule has 1 unspecified atom stereocenters. The normalized spacial score (nSPS) is 17.8. The fourth-order valence-electron chi connectivity index (χ4n) is 3.38. The van der Waals surface area contributed by atoms with Gasteiger partial charge in [-0.15, -0.1) is 0 Å². The minimum Gasteiger partial charge on any atom is -0.326 e. The van der Waals surface area contributed by atoms with Gasteiger partial charge in [-0.25, -0.2) is 8.42 Å². The molecular formula is C20H30F3N3O3S. The van der Waals surface area contributed by atoms with Crippen LogP contribution in [0.15, 0.2) is 24.3 Å². The van der Waals surface area contributed by atoms with Crippen LogP contribution in [-0.4, -0.2) is 49.8 Å². The second-order valence-corrected chi connectivity index (χ2v) is 10.1. The highest BCUT2D eigenvalue weighted by atomic mass is 32.2. The molecule has 1 fully saturated rings. The van der Waals surface area contributed by atoms with E-state index in [4.69, 9.17) is 0 Å². The second-order valence-electron chi connectivity index (χ2n) is 8.13. The third-order valence-electron chi connectivity index (χ3n) is 5.31. The second kappa shape index (κ2) is 10.1. The molecule has 0 bridgehead atoms. The van der Waals surface area contributed by atoms with Gasteiger partial charge in [0.15, 0.2) is 0 Å². The standard InChI is InChI=1S/C20H30F3N3O3S/c1-14(2)17-4-6-18(7-5-17)25-19(27)12-15(3)24-13-16-8-10-26(11-9-16)30(28,29)20(21,22)23/h4-7,14-16,24H,8-13H2,1-3H3,(H,25,27). The average Bonchev–Trinajstić information content (AvgIpc) is 2.66. The summed E-state index contributed by atoms with van der Waals surface area (Å²) in [5.41, 5.74) is -3.33. The maximum Gasteiger partial charge on any atom is 0.511 e. The molecule has 1 amide bonds. The van der Waals surface area contributed by atoms with Crippen LogP contribution in [0.5, 0.6) is 0 Å². The van der Waals surface area contributed by atoms with E-state index in [0.29, 0.717) is 29.6 Å². The number of carbonyl (C=O) groups is 1. The number of hydrogen-bond donors (Lipinski definition) is 2. The molecule has 6 nitrogen and oxygen atoms in total. The number of rotatable bonds is 8. The summed E-state index contributed by atoms with van der Waals surface area (Å²) in [5, 5.41) is 6.08. The Morgan fingerprint density at radius 1 is 1.13 bits per heavy atom. The summed E-state index contributed by atoms with van der Waals surface area (Å²) in [6, 6.07) is 7.58. The van der Waals surface area contributed by atoms with Crippen molar-refractivity contribution in [3.8, 4) is 0 Å². The van der Waals surface area contributed by atoms with E-state index in [1.54, 1.807) is 0 Å². The Morgan fingerprint density at radius 2 is 1.70 bits per heavy atom. The molecule has 1 aromatic rings. The average molecular weight is 450 g/mol. The van der Waals surface area contributed by atoms with Crippen molar-refractivity contribution >= 4 is 21.6 Å². The molecule has 1 atom stereocenters. The van der Waals surface area contributed by atoms with Crippen molar-refractivity contribution in [2.24, 2.45) is 5.92 Å². The zero-order chi connectivity index (χ0) is 22.5. The van der Waals surface area contributed by atoms with Crippen molar-refractivity contribution in [2.45, 2.75) is 57.5 Å². The number of alkyl halides is 3. The van der Waals surface area contributed by atoms with Crippen LogP contribution in [-0.2, 0) is 14.8 Å². The quantitative estimate of drug-likeness (QED) is 0.635. The molecule has 10 heteroatoms. The van der Waals surface area contributed by atoms with Crippen LogP contribution < -0.4 is 10.6 Å². The maximum atomic E-state index is 12.6. The van der Waals surface area contributed by atoms with Crippen molar-refractivity contribution in [3.63, 3.8) is 0 Å². The minimum atomic E-state index is -5.25. The lowest BCUT2D eigenvalue weighted by Crippen LogP contribution is -2.46. The lowest BCUT2D eigenvalue weighted by atomic mass is 9.98. The third-order valence-corrected chi connectivity index (χ3v) is 6.94. The number of hydrogen-bond acceptors (Lipinski definition) is 4.